The van der Waals surface area contributed by atoms with Crippen LogP contribution in [-0.2, 0) is 4.79 Å². The second-order valence-electron chi connectivity index (χ2n) is 4.60. The van der Waals surface area contributed by atoms with Crippen LogP contribution in [0.1, 0.15) is 46.6 Å². The van der Waals surface area contributed by atoms with Gasteiger partial charge in [0.1, 0.15) is 12.7 Å². The largest absolute Gasteiger partial charge is 0.351 e. The van der Waals surface area contributed by atoms with Crippen molar-refractivity contribution in [2.75, 3.05) is 0 Å². The summed E-state index contributed by atoms with van der Waals surface area (Å²) in [5, 5.41) is 7.10. The smallest absolute Gasteiger partial charge is 0.223 e. The molecule has 96 valence electrons. The SMILES string of the molecule is CCCC(C)C(=O)NC(C)C(C)n1cncn1. The number of carbonyl (C=O) groups excluding carboxylic acids is 1. The molecule has 0 fully saturated rings. The van der Waals surface area contributed by atoms with Crippen molar-refractivity contribution in [3.05, 3.63) is 12.7 Å². The van der Waals surface area contributed by atoms with Crippen molar-refractivity contribution < 1.29 is 4.79 Å². The molecule has 0 saturated heterocycles. The second-order valence-corrected chi connectivity index (χ2v) is 4.60. The highest BCUT2D eigenvalue weighted by molar-refractivity contribution is 5.78. The van der Waals surface area contributed by atoms with Crippen LogP contribution in [0.15, 0.2) is 12.7 Å². The molecule has 1 aromatic rings. The molecule has 0 bridgehead atoms. The van der Waals surface area contributed by atoms with Crippen molar-refractivity contribution in [3.8, 4) is 0 Å². The minimum Gasteiger partial charge on any atom is -0.351 e. The zero-order valence-corrected chi connectivity index (χ0v) is 11.1. The number of rotatable bonds is 6. The predicted octanol–water partition coefficient (Wildman–Crippen LogP) is 1.78. The summed E-state index contributed by atoms with van der Waals surface area (Å²) in [7, 11) is 0. The lowest BCUT2D eigenvalue weighted by Gasteiger charge is -2.23. The number of nitrogens with zero attached hydrogens (tertiary/aromatic N) is 3. The van der Waals surface area contributed by atoms with E-state index in [1.54, 1.807) is 11.0 Å². The molecule has 1 amide bonds. The van der Waals surface area contributed by atoms with Crippen molar-refractivity contribution in [2.45, 2.75) is 52.6 Å². The highest BCUT2D eigenvalue weighted by Gasteiger charge is 2.19. The Bertz CT molecular complexity index is 336. The lowest BCUT2D eigenvalue weighted by molar-refractivity contribution is -0.125. The molecule has 0 radical (unpaired) electrons. The van der Waals surface area contributed by atoms with Gasteiger partial charge in [-0.05, 0) is 20.3 Å². The Morgan fingerprint density at radius 3 is 2.65 bits per heavy atom. The van der Waals surface area contributed by atoms with Gasteiger partial charge in [-0.3, -0.25) is 4.79 Å². The van der Waals surface area contributed by atoms with Gasteiger partial charge in [0, 0.05) is 12.0 Å². The summed E-state index contributed by atoms with van der Waals surface area (Å²) in [4.78, 5) is 15.8. The highest BCUT2D eigenvalue weighted by atomic mass is 16.1. The monoisotopic (exact) mass is 238 g/mol. The fourth-order valence-electron chi connectivity index (χ4n) is 1.71. The van der Waals surface area contributed by atoms with Gasteiger partial charge in [-0.1, -0.05) is 20.3 Å². The average Bonchev–Trinajstić information content (AvgIpc) is 2.81. The van der Waals surface area contributed by atoms with Crippen molar-refractivity contribution in [1.82, 2.24) is 20.1 Å². The van der Waals surface area contributed by atoms with Gasteiger partial charge in [-0.25, -0.2) is 9.67 Å². The first-order valence-electron chi connectivity index (χ1n) is 6.20. The molecule has 0 aliphatic rings. The van der Waals surface area contributed by atoms with Gasteiger partial charge < -0.3 is 5.32 Å². The van der Waals surface area contributed by atoms with Crippen LogP contribution in [0.4, 0.5) is 0 Å². The van der Waals surface area contributed by atoms with Crippen molar-refractivity contribution >= 4 is 5.91 Å². The van der Waals surface area contributed by atoms with E-state index >= 15 is 0 Å². The average molecular weight is 238 g/mol. The maximum atomic E-state index is 11.9. The van der Waals surface area contributed by atoms with E-state index in [0.29, 0.717) is 0 Å². The van der Waals surface area contributed by atoms with Crippen molar-refractivity contribution in [3.63, 3.8) is 0 Å². The Labute approximate surface area is 103 Å². The van der Waals surface area contributed by atoms with Crippen LogP contribution in [0.5, 0.6) is 0 Å². The molecule has 1 heterocycles. The van der Waals surface area contributed by atoms with Gasteiger partial charge >= 0.3 is 0 Å². The van der Waals surface area contributed by atoms with Crippen LogP contribution >= 0.6 is 0 Å². The molecule has 0 aliphatic heterocycles. The zero-order chi connectivity index (χ0) is 12.8. The minimum atomic E-state index is 0.0449. The van der Waals surface area contributed by atoms with Crippen LogP contribution in [0.25, 0.3) is 0 Å². The van der Waals surface area contributed by atoms with Gasteiger partial charge in [0.15, 0.2) is 0 Å². The summed E-state index contributed by atoms with van der Waals surface area (Å²) in [5.74, 6) is 0.191. The highest BCUT2D eigenvalue weighted by Crippen LogP contribution is 2.11. The van der Waals surface area contributed by atoms with E-state index in [1.165, 1.54) is 6.33 Å². The van der Waals surface area contributed by atoms with Crippen LogP contribution in [-0.4, -0.2) is 26.7 Å². The first-order chi connectivity index (χ1) is 8.06. The molecule has 3 atom stereocenters. The topological polar surface area (TPSA) is 59.8 Å². The molecule has 0 saturated carbocycles. The summed E-state index contributed by atoms with van der Waals surface area (Å²) in [6.45, 7) is 8.06. The quantitative estimate of drug-likeness (QED) is 0.821. The van der Waals surface area contributed by atoms with E-state index in [4.69, 9.17) is 0 Å². The van der Waals surface area contributed by atoms with E-state index < -0.39 is 0 Å². The molecule has 0 aromatic carbocycles. The minimum absolute atomic E-state index is 0.0449. The normalized spacial score (nSPS) is 16.2. The van der Waals surface area contributed by atoms with Gasteiger partial charge in [-0.2, -0.15) is 5.10 Å². The van der Waals surface area contributed by atoms with Gasteiger partial charge in [-0.15, -0.1) is 0 Å². The lowest BCUT2D eigenvalue weighted by atomic mass is 10.0. The molecule has 5 heteroatoms. The van der Waals surface area contributed by atoms with Crippen LogP contribution in [0.2, 0.25) is 0 Å². The Balaban J connectivity index is 2.48. The Kier molecular flexibility index (Phi) is 5.12. The van der Waals surface area contributed by atoms with Crippen molar-refractivity contribution in [2.24, 2.45) is 5.92 Å². The third kappa shape index (κ3) is 3.84. The number of aromatic nitrogens is 3. The summed E-state index contributed by atoms with van der Waals surface area (Å²) in [6, 6.07) is 0.152. The Morgan fingerprint density at radius 2 is 2.12 bits per heavy atom. The number of amides is 1. The molecule has 17 heavy (non-hydrogen) atoms. The van der Waals surface area contributed by atoms with Crippen LogP contribution < -0.4 is 5.32 Å². The maximum Gasteiger partial charge on any atom is 0.223 e. The second kappa shape index (κ2) is 6.37. The van der Waals surface area contributed by atoms with E-state index in [2.05, 4.69) is 22.3 Å². The maximum absolute atomic E-state index is 11.9. The molecule has 0 aliphatic carbocycles. The zero-order valence-electron chi connectivity index (χ0n) is 11.1. The predicted molar refractivity (Wildman–Crippen MR) is 66.4 cm³/mol. The molecule has 5 nitrogen and oxygen atoms in total. The summed E-state index contributed by atoms with van der Waals surface area (Å²) in [6.07, 6.45) is 5.13. The van der Waals surface area contributed by atoms with Gasteiger partial charge in [0.25, 0.3) is 0 Å². The standard InChI is InChI=1S/C12H22N4O/c1-5-6-9(2)12(17)15-10(3)11(4)16-8-13-7-14-16/h7-11H,5-6H2,1-4H3,(H,15,17). The third-order valence-corrected chi connectivity index (χ3v) is 3.12. The number of hydrogen-bond donors (Lipinski definition) is 1. The Morgan fingerprint density at radius 1 is 1.41 bits per heavy atom. The van der Waals surface area contributed by atoms with E-state index in [-0.39, 0.29) is 23.9 Å². The number of carbonyl (C=O) groups is 1. The summed E-state index contributed by atoms with van der Waals surface area (Å²) < 4.78 is 1.76. The number of nitrogens with one attached hydrogen (secondary N) is 1. The Hall–Kier alpha value is -1.39. The third-order valence-electron chi connectivity index (χ3n) is 3.12. The lowest BCUT2D eigenvalue weighted by Crippen LogP contribution is -2.40. The van der Waals surface area contributed by atoms with E-state index in [0.717, 1.165) is 12.8 Å². The van der Waals surface area contributed by atoms with Gasteiger partial charge in [0.05, 0.1) is 6.04 Å². The van der Waals surface area contributed by atoms with Crippen LogP contribution in [0.3, 0.4) is 0 Å². The van der Waals surface area contributed by atoms with Gasteiger partial charge in [0.2, 0.25) is 5.91 Å². The van der Waals surface area contributed by atoms with E-state index in [1.807, 2.05) is 20.8 Å². The summed E-state index contributed by atoms with van der Waals surface area (Å²) in [5.41, 5.74) is 0. The van der Waals surface area contributed by atoms with Crippen molar-refractivity contribution in [1.29, 1.82) is 0 Å². The molecular weight excluding hydrogens is 216 g/mol. The van der Waals surface area contributed by atoms with Crippen LogP contribution in [0, 0.1) is 5.92 Å². The molecule has 1 aromatic heterocycles. The van der Waals surface area contributed by atoms with E-state index in [9.17, 15) is 4.79 Å². The molecular formula is C12H22N4O. The fraction of sp³-hybridized carbons (Fsp3) is 0.750. The molecule has 3 unspecified atom stereocenters. The molecule has 0 spiro atoms. The fourth-order valence-corrected chi connectivity index (χ4v) is 1.71. The summed E-state index contributed by atoms with van der Waals surface area (Å²) >= 11 is 0. The number of hydrogen-bond acceptors (Lipinski definition) is 3. The molecule has 1 N–H and O–H groups in total. The molecule has 1 rings (SSSR count). The first-order valence-corrected chi connectivity index (χ1v) is 6.20. The first kappa shape index (κ1) is 13.7.